The zero-order valence-electron chi connectivity index (χ0n) is 11.6. The van der Waals surface area contributed by atoms with E-state index in [0.717, 1.165) is 30.1 Å². The zero-order chi connectivity index (χ0) is 13.4. The number of rotatable bonds is 8. The number of benzene rings is 1. The van der Waals surface area contributed by atoms with E-state index in [1.807, 2.05) is 24.3 Å². The summed E-state index contributed by atoms with van der Waals surface area (Å²) >= 11 is 5.96. The van der Waals surface area contributed by atoms with Crippen LogP contribution in [0.4, 0.5) is 0 Å². The van der Waals surface area contributed by atoms with Crippen molar-refractivity contribution < 1.29 is 4.74 Å². The van der Waals surface area contributed by atoms with Gasteiger partial charge in [-0.3, -0.25) is 0 Å². The molecule has 1 atom stereocenters. The molecule has 0 aromatic heterocycles. The van der Waals surface area contributed by atoms with Crippen LogP contribution in [0.15, 0.2) is 24.3 Å². The van der Waals surface area contributed by atoms with Crippen molar-refractivity contribution in [2.24, 2.45) is 5.92 Å². The van der Waals surface area contributed by atoms with Gasteiger partial charge in [-0.15, -0.1) is 0 Å². The second-order valence-corrected chi connectivity index (χ2v) is 5.36. The van der Waals surface area contributed by atoms with E-state index in [-0.39, 0.29) is 6.10 Å². The van der Waals surface area contributed by atoms with E-state index in [2.05, 4.69) is 26.1 Å². The van der Waals surface area contributed by atoms with Crippen molar-refractivity contribution in [1.29, 1.82) is 0 Å². The average Bonchev–Trinajstić information content (AvgIpc) is 2.33. The molecule has 0 radical (unpaired) electrons. The lowest BCUT2D eigenvalue weighted by molar-refractivity contribution is 0.0115. The molecule has 0 fully saturated rings. The van der Waals surface area contributed by atoms with Gasteiger partial charge in [0.15, 0.2) is 0 Å². The predicted octanol–water partition coefficient (Wildman–Crippen LogP) is 3.88. The molecule has 0 bridgehead atoms. The smallest absolute Gasteiger partial charge is 0.0726 e. The van der Waals surface area contributed by atoms with Gasteiger partial charge in [-0.05, 0) is 36.6 Å². The highest BCUT2D eigenvalue weighted by Gasteiger charge is 2.13. The first-order chi connectivity index (χ1) is 8.63. The molecule has 1 unspecified atom stereocenters. The van der Waals surface area contributed by atoms with Gasteiger partial charge in [0, 0.05) is 11.6 Å². The SMILES string of the molecule is CCCNCC(OCc1cccc(Cl)c1)C(C)C. The Kier molecular flexibility index (Phi) is 7.33. The molecule has 0 aliphatic carbocycles. The normalized spacial score (nSPS) is 12.9. The summed E-state index contributed by atoms with van der Waals surface area (Å²) in [6, 6.07) is 7.84. The Morgan fingerprint density at radius 3 is 2.72 bits per heavy atom. The highest BCUT2D eigenvalue weighted by Crippen LogP contribution is 2.14. The van der Waals surface area contributed by atoms with Crippen LogP contribution < -0.4 is 5.32 Å². The Labute approximate surface area is 116 Å². The van der Waals surface area contributed by atoms with E-state index < -0.39 is 0 Å². The molecule has 0 spiro atoms. The Bertz CT molecular complexity index is 341. The van der Waals surface area contributed by atoms with E-state index in [9.17, 15) is 0 Å². The maximum Gasteiger partial charge on any atom is 0.0726 e. The quantitative estimate of drug-likeness (QED) is 0.723. The van der Waals surface area contributed by atoms with E-state index in [0.29, 0.717) is 12.5 Å². The average molecular weight is 270 g/mol. The summed E-state index contributed by atoms with van der Waals surface area (Å²) in [5.74, 6) is 0.508. The van der Waals surface area contributed by atoms with Gasteiger partial charge < -0.3 is 10.1 Å². The lowest BCUT2D eigenvalue weighted by atomic mass is 10.1. The fourth-order valence-electron chi connectivity index (χ4n) is 1.74. The summed E-state index contributed by atoms with van der Waals surface area (Å²) in [7, 11) is 0. The summed E-state index contributed by atoms with van der Waals surface area (Å²) in [5.41, 5.74) is 1.13. The van der Waals surface area contributed by atoms with Crippen molar-refractivity contribution in [3.8, 4) is 0 Å². The van der Waals surface area contributed by atoms with E-state index in [4.69, 9.17) is 16.3 Å². The summed E-state index contributed by atoms with van der Waals surface area (Å²) < 4.78 is 5.97. The minimum absolute atomic E-state index is 0.246. The fourth-order valence-corrected chi connectivity index (χ4v) is 1.95. The van der Waals surface area contributed by atoms with Gasteiger partial charge in [0.2, 0.25) is 0 Å². The van der Waals surface area contributed by atoms with Crippen LogP contribution >= 0.6 is 11.6 Å². The highest BCUT2D eigenvalue weighted by molar-refractivity contribution is 6.30. The van der Waals surface area contributed by atoms with Crippen LogP contribution in [-0.2, 0) is 11.3 Å². The first-order valence-corrected chi connectivity index (χ1v) is 7.08. The Morgan fingerprint density at radius 2 is 2.11 bits per heavy atom. The van der Waals surface area contributed by atoms with Crippen molar-refractivity contribution in [3.05, 3.63) is 34.9 Å². The number of hydrogen-bond acceptors (Lipinski definition) is 2. The van der Waals surface area contributed by atoms with Gasteiger partial charge in [-0.25, -0.2) is 0 Å². The molecule has 0 saturated carbocycles. The summed E-state index contributed by atoms with van der Waals surface area (Å²) in [6.45, 7) is 9.13. The molecule has 0 saturated heterocycles. The summed E-state index contributed by atoms with van der Waals surface area (Å²) in [5, 5.41) is 4.18. The second-order valence-electron chi connectivity index (χ2n) is 4.93. The number of hydrogen-bond donors (Lipinski definition) is 1. The Morgan fingerprint density at radius 1 is 1.33 bits per heavy atom. The third-order valence-corrected chi connectivity index (χ3v) is 3.10. The molecular weight excluding hydrogens is 246 g/mol. The van der Waals surface area contributed by atoms with Gasteiger partial charge in [-0.1, -0.05) is 44.5 Å². The molecule has 3 heteroatoms. The lowest BCUT2D eigenvalue weighted by Crippen LogP contribution is -2.33. The second kappa shape index (κ2) is 8.52. The lowest BCUT2D eigenvalue weighted by Gasteiger charge is -2.22. The molecule has 0 aliphatic rings. The van der Waals surface area contributed by atoms with E-state index >= 15 is 0 Å². The van der Waals surface area contributed by atoms with Crippen molar-refractivity contribution in [1.82, 2.24) is 5.32 Å². The van der Waals surface area contributed by atoms with Crippen molar-refractivity contribution in [3.63, 3.8) is 0 Å². The summed E-state index contributed by atoms with van der Waals surface area (Å²) in [6.07, 6.45) is 1.40. The number of halogens is 1. The maximum atomic E-state index is 5.97. The standard InChI is InChI=1S/C15H24ClNO/c1-4-8-17-10-15(12(2)3)18-11-13-6-5-7-14(16)9-13/h5-7,9,12,15,17H,4,8,10-11H2,1-3H3. The zero-order valence-corrected chi connectivity index (χ0v) is 12.3. The van der Waals surface area contributed by atoms with Crippen LogP contribution in [0.3, 0.4) is 0 Å². The molecule has 0 heterocycles. The largest absolute Gasteiger partial charge is 0.372 e. The molecule has 1 aromatic rings. The maximum absolute atomic E-state index is 5.97. The third-order valence-electron chi connectivity index (χ3n) is 2.87. The third kappa shape index (κ3) is 5.85. The Hall–Kier alpha value is -0.570. The van der Waals surface area contributed by atoms with Crippen LogP contribution in [0.25, 0.3) is 0 Å². The van der Waals surface area contributed by atoms with E-state index in [1.54, 1.807) is 0 Å². The summed E-state index contributed by atoms with van der Waals surface area (Å²) in [4.78, 5) is 0. The van der Waals surface area contributed by atoms with Gasteiger partial charge in [-0.2, -0.15) is 0 Å². The van der Waals surface area contributed by atoms with Crippen LogP contribution in [-0.4, -0.2) is 19.2 Å². The highest BCUT2D eigenvalue weighted by atomic mass is 35.5. The molecule has 1 N–H and O–H groups in total. The van der Waals surface area contributed by atoms with Gasteiger partial charge in [0.05, 0.1) is 12.7 Å². The first-order valence-electron chi connectivity index (χ1n) is 6.70. The minimum atomic E-state index is 0.246. The number of ether oxygens (including phenoxy) is 1. The fraction of sp³-hybridized carbons (Fsp3) is 0.600. The van der Waals surface area contributed by atoms with Crippen LogP contribution in [0, 0.1) is 5.92 Å². The van der Waals surface area contributed by atoms with E-state index in [1.165, 1.54) is 0 Å². The molecule has 1 aromatic carbocycles. The molecule has 18 heavy (non-hydrogen) atoms. The first kappa shape index (κ1) is 15.5. The predicted molar refractivity (Wildman–Crippen MR) is 78.0 cm³/mol. The molecular formula is C15H24ClNO. The topological polar surface area (TPSA) is 21.3 Å². The molecule has 0 amide bonds. The monoisotopic (exact) mass is 269 g/mol. The Balaban J connectivity index is 2.41. The molecule has 0 aliphatic heterocycles. The van der Waals surface area contributed by atoms with Gasteiger partial charge in [0.1, 0.15) is 0 Å². The van der Waals surface area contributed by atoms with Gasteiger partial charge >= 0.3 is 0 Å². The van der Waals surface area contributed by atoms with Crippen LogP contribution in [0.2, 0.25) is 5.02 Å². The number of nitrogens with one attached hydrogen (secondary N) is 1. The van der Waals surface area contributed by atoms with Gasteiger partial charge in [0.25, 0.3) is 0 Å². The van der Waals surface area contributed by atoms with Crippen molar-refractivity contribution >= 4 is 11.6 Å². The van der Waals surface area contributed by atoms with Crippen molar-refractivity contribution in [2.45, 2.75) is 39.9 Å². The molecule has 102 valence electrons. The van der Waals surface area contributed by atoms with Crippen LogP contribution in [0.5, 0.6) is 0 Å². The van der Waals surface area contributed by atoms with Crippen molar-refractivity contribution in [2.75, 3.05) is 13.1 Å². The minimum Gasteiger partial charge on any atom is -0.372 e. The van der Waals surface area contributed by atoms with Crippen LogP contribution in [0.1, 0.15) is 32.8 Å². The molecule has 1 rings (SSSR count). The molecule has 2 nitrogen and oxygen atoms in total.